The van der Waals surface area contributed by atoms with Gasteiger partial charge in [-0.05, 0) is 61.3 Å². The van der Waals surface area contributed by atoms with E-state index in [4.69, 9.17) is 16.6 Å². The van der Waals surface area contributed by atoms with Gasteiger partial charge in [0.25, 0.3) is 11.5 Å². The summed E-state index contributed by atoms with van der Waals surface area (Å²) in [6, 6.07) is 12.7. The maximum atomic E-state index is 12.9. The first-order valence-corrected chi connectivity index (χ1v) is 13.4. The number of aliphatic carboxylic acids is 2. The second-order valence-electron chi connectivity index (χ2n) is 9.91. The molecule has 1 aliphatic heterocycles. The minimum Gasteiger partial charge on any atom is -0.481 e. The molecule has 42 heavy (non-hydrogen) atoms. The van der Waals surface area contributed by atoms with E-state index in [0.29, 0.717) is 36.8 Å². The average Bonchev–Trinajstić information content (AvgIpc) is 2.95. The summed E-state index contributed by atoms with van der Waals surface area (Å²) in [4.78, 5) is 53.5. The van der Waals surface area contributed by atoms with Crippen molar-refractivity contribution < 1.29 is 24.6 Å². The van der Waals surface area contributed by atoms with Crippen molar-refractivity contribution in [2.24, 2.45) is 5.73 Å². The number of hydrogen-bond donors (Lipinski definition) is 7. The number of carboxylic acids is 2. The molecule has 1 aromatic heterocycles. The van der Waals surface area contributed by atoms with Crippen LogP contribution in [-0.4, -0.2) is 76.4 Å². The predicted molar refractivity (Wildman–Crippen MR) is 158 cm³/mol. The molecule has 0 bridgehead atoms. The highest BCUT2D eigenvalue weighted by atomic mass is 16.4. The largest absolute Gasteiger partial charge is 0.481 e. The van der Waals surface area contributed by atoms with Crippen molar-refractivity contribution in [3.05, 3.63) is 70.0 Å². The zero-order valence-electron chi connectivity index (χ0n) is 23.0. The van der Waals surface area contributed by atoms with Crippen LogP contribution >= 0.6 is 0 Å². The zero-order valence-corrected chi connectivity index (χ0v) is 23.0. The Morgan fingerprint density at radius 2 is 1.81 bits per heavy atom. The fourth-order valence-corrected chi connectivity index (χ4v) is 4.73. The van der Waals surface area contributed by atoms with Crippen LogP contribution in [0.25, 0.3) is 5.69 Å². The molecule has 0 spiro atoms. The molecular weight excluding hydrogens is 544 g/mol. The van der Waals surface area contributed by atoms with Crippen LogP contribution in [-0.2, 0) is 16.0 Å². The first-order chi connectivity index (χ1) is 20.1. The van der Waals surface area contributed by atoms with Crippen LogP contribution in [0.4, 0.5) is 23.1 Å². The van der Waals surface area contributed by atoms with Gasteiger partial charge in [-0.15, -0.1) is 0 Å². The Balaban J connectivity index is 1.43. The van der Waals surface area contributed by atoms with Gasteiger partial charge in [0.05, 0.1) is 11.7 Å². The molecule has 0 fully saturated rings. The lowest BCUT2D eigenvalue weighted by Gasteiger charge is -2.37. The summed E-state index contributed by atoms with van der Waals surface area (Å²) in [5.74, 6) is -2.45. The monoisotopic (exact) mass is 578 g/mol. The molecule has 14 nitrogen and oxygen atoms in total. The van der Waals surface area contributed by atoms with Gasteiger partial charge in [-0.25, -0.2) is 4.79 Å². The number of benzene rings is 2. The molecule has 0 aliphatic carbocycles. The van der Waals surface area contributed by atoms with E-state index in [1.165, 1.54) is 12.1 Å². The fourth-order valence-electron chi connectivity index (χ4n) is 4.73. The fraction of sp³-hybridized carbons (Fsp3) is 0.321. The minimum absolute atomic E-state index is 0.0727. The Bertz CT molecular complexity index is 1510. The smallest absolute Gasteiger partial charge is 0.326 e. The Morgan fingerprint density at radius 1 is 1.12 bits per heavy atom. The van der Waals surface area contributed by atoms with E-state index in [1.54, 1.807) is 16.7 Å². The average molecular weight is 579 g/mol. The molecule has 0 unspecified atom stereocenters. The topological polar surface area (TPSA) is 218 Å². The maximum Gasteiger partial charge on any atom is 0.326 e. The number of fused-ring (bicyclic) bond motifs is 1. The van der Waals surface area contributed by atoms with Crippen molar-refractivity contribution in [2.45, 2.75) is 31.3 Å². The number of amides is 1. The van der Waals surface area contributed by atoms with Crippen molar-refractivity contribution in [3.8, 4) is 5.69 Å². The molecule has 2 heterocycles. The first-order valence-electron chi connectivity index (χ1n) is 13.4. The predicted octanol–water partition coefficient (Wildman–Crippen LogP) is 0.706. The van der Waals surface area contributed by atoms with E-state index in [-0.39, 0.29) is 30.4 Å². The number of nitrogens with two attached hydrogens (primary N) is 2. The van der Waals surface area contributed by atoms with Gasteiger partial charge < -0.3 is 42.5 Å². The van der Waals surface area contributed by atoms with Gasteiger partial charge in [-0.2, -0.15) is 4.98 Å². The van der Waals surface area contributed by atoms with Crippen molar-refractivity contribution in [2.75, 3.05) is 47.9 Å². The van der Waals surface area contributed by atoms with E-state index in [1.807, 2.05) is 36.2 Å². The number of likely N-dealkylation sites (N-methyl/N-ethyl adjacent to an activating group) is 1. The Labute approximate surface area is 241 Å². The van der Waals surface area contributed by atoms with Crippen LogP contribution in [0.2, 0.25) is 0 Å². The highest BCUT2D eigenvalue weighted by Gasteiger charge is 2.29. The molecule has 2 atom stereocenters. The zero-order chi connectivity index (χ0) is 30.4. The van der Waals surface area contributed by atoms with E-state index < -0.39 is 29.4 Å². The van der Waals surface area contributed by atoms with Crippen molar-refractivity contribution >= 4 is 41.0 Å². The summed E-state index contributed by atoms with van der Waals surface area (Å²) in [5, 5.41) is 27.1. The van der Waals surface area contributed by atoms with Crippen LogP contribution < -0.4 is 37.9 Å². The van der Waals surface area contributed by atoms with Crippen LogP contribution in [0.3, 0.4) is 0 Å². The van der Waals surface area contributed by atoms with E-state index in [9.17, 15) is 24.3 Å². The number of carbonyl (C=O) groups excluding carboxylic acids is 1. The molecule has 222 valence electrons. The van der Waals surface area contributed by atoms with Gasteiger partial charge in [-0.1, -0.05) is 12.1 Å². The van der Waals surface area contributed by atoms with Gasteiger partial charge in [0.1, 0.15) is 17.5 Å². The molecule has 2 aromatic carbocycles. The van der Waals surface area contributed by atoms with Crippen LogP contribution in [0.5, 0.6) is 0 Å². The molecule has 0 saturated carbocycles. The van der Waals surface area contributed by atoms with Crippen molar-refractivity contribution in [3.63, 3.8) is 0 Å². The van der Waals surface area contributed by atoms with Gasteiger partial charge in [0.2, 0.25) is 5.95 Å². The molecule has 1 amide bonds. The summed E-state index contributed by atoms with van der Waals surface area (Å²) in [7, 11) is 1.82. The number of nitrogens with zero attached hydrogens (tertiary/aromatic N) is 3. The lowest BCUT2D eigenvalue weighted by molar-refractivity contribution is -0.140. The Morgan fingerprint density at radius 3 is 2.43 bits per heavy atom. The number of carboxylic acid groups (broad SMARTS) is 2. The van der Waals surface area contributed by atoms with Crippen LogP contribution in [0.1, 0.15) is 28.8 Å². The second-order valence-corrected chi connectivity index (χ2v) is 9.91. The standard InChI is InChI=1S/C28H34N8O6/c1-35-20(14-31-18-6-4-17(5-7-18)25(39)33-21(27(41)42)10-11-22(37)38)15-32-24-23(35)26(40)34-28(30)36(24)19-8-2-16(3-9-19)12-13-29/h2-9,20-21,31-32H,10-15,29H2,1H3,(H,33,39)(H,37,38)(H,41,42)(H2,30,34,40)/t20-,21+/m1/s1. The number of hydrogen-bond acceptors (Lipinski definition) is 10. The quantitative estimate of drug-likeness (QED) is 0.158. The van der Waals surface area contributed by atoms with Crippen molar-refractivity contribution in [1.29, 1.82) is 0 Å². The van der Waals surface area contributed by atoms with E-state index in [0.717, 1.165) is 17.7 Å². The maximum absolute atomic E-state index is 12.9. The number of aromatic nitrogens is 2. The van der Waals surface area contributed by atoms with Crippen molar-refractivity contribution in [1.82, 2.24) is 14.9 Å². The molecule has 1 aliphatic rings. The van der Waals surface area contributed by atoms with E-state index >= 15 is 0 Å². The van der Waals surface area contributed by atoms with Gasteiger partial charge in [-0.3, -0.25) is 19.0 Å². The number of rotatable bonds is 12. The highest BCUT2D eigenvalue weighted by molar-refractivity contribution is 5.97. The first kappa shape index (κ1) is 29.9. The summed E-state index contributed by atoms with van der Waals surface area (Å²) in [6.45, 7) is 1.49. The molecule has 9 N–H and O–H groups in total. The minimum atomic E-state index is -1.31. The number of anilines is 4. The normalized spacial score (nSPS) is 14.8. The molecule has 0 saturated heterocycles. The third-order valence-corrected chi connectivity index (χ3v) is 7.07. The molecular formula is C28H34N8O6. The number of nitrogen functional groups attached to an aromatic ring is 1. The number of carbonyl (C=O) groups is 3. The lowest BCUT2D eigenvalue weighted by Crippen LogP contribution is -2.49. The Hall–Kier alpha value is -5.11. The van der Waals surface area contributed by atoms with Crippen LogP contribution in [0.15, 0.2) is 53.3 Å². The third kappa shape index (κ3) is 6.78. The summed E-state index contributed by atoms with van der Waals surface area (Å²) in [5.41, 5.74) is 14.5. The lowest BCUT2D eigenvalue weighted by atomic mass is 10.1. The molecule has 3 aromatic rings. The summed E-state index contributed by atoms with van der Waals surface area (Å²) in [6.07, 6.45) is 0.146. The Kier molecular flexibility index (Phi) is 9.27. The molecule has 4 rings (SSSR count). The summed E-state index contributed by atoms with van der Waals surface area (Å²) >= 11 is 0. The number of nitrogens with one attached hydrogen (secondary N) is 3. The van der Waals surface area contributed by atoms with Crippen LogP contribution in [0, 0.1) is 0 Å². The SMILES string of the molecule is CN1c2c(n(-c3ccc(CCN)cc3)c(N)nc2=O)NC[C@H]1CNc1ccc(C(=O)N[C@@H](CCC(=O)O)C(=O)O)cc1. The van der Waals surface area contributed by atoms with E-state index in [2.05, 4.69) is 20.9 Å². The molecule has 14 heteroatoms. The molecule has 0 radical (unpaired) electrons. The highest BCUT2D eigenvalue weighted by Crippen LogP contribution is 2.31. The van der Waals surface area contributed by atoms with Gasteiger partial charge in [0.15, 0.2) is 0 Å². The van der Waals surface area contributed by atoms with Gasteiger partial charge >= 0.3 is 11.9 Å². The second kappa shape index (κ2) is 13.0. The summed E-state index contributed by atoms with van der Waals surface area (Å²) < 4.78 is 1.71. The van der Waals surface area contributed by atoms with Gasteiger partial charge in [0, 0.05) is 37.8 Å². The third-order valence-electron chi connectivity index (χ3n) is 7.07.